The standard InChI is InChI=1S/C19H18FN3O2/c1-11-3-6-16-22-17(18(20)23(16)10-11)19(24)21-9-13-4-5-15-14(8-13)7-12(2)25-15/h3-6,8,10,12H,7,9H2,1-2H3,(H,21,24)/t12-/m0/s1. The molecular weight excluding hydrogens is 321 g/mol. The minimum absolute atomic E-state index is 0.176. The number of hydrogen-bond acceptors (Lipinski definition) is 3. The number of ether oxygens (including phenoxy) is 1. The van der Waals surface area contributed by atoms with Gasteiger partial charge < -0.3 is 10.1 Å². The van der Waals surface area contributed by atoms with Crippen LogP contribution in [0.5, 0.6) is 5.75 Å². The lowest BCUT2D eigenvalue weighted by Gasteiger charge is -2.06. The van der Waals surface area contributed by atoms with Gasteiger partial charge in [-0.15, -0.1) is 0 Å². The Morgan fingerprint density at radius 3 is 3.08 bits per heavy atom. The lowest BCUT2D eigenvalue weighted by Crippen LogP contribution is -2.24. The number of pyridine rings is 1. The molecule has 2 aromatic heterocycles. The molecule has 128 valence electrons. The third-order valence-corrected chi connectivity index (χ3v) is 4.34. The molecule has 0 saturated heterocycles. The molecule has 0 radical (unpaired) electrons. The number of benzene rings is 1. The Balaban J connectivity index is 1.51. The van der Waals surface area contributed by atoms with Crippen LogP contribution >= 0.6 is 0 Å². The first-order valence-corrected chi connectivity index (χ1v) is 8.22. The second kappa shape index (κ2) is 5.88. The molecule has 0 fully saturated rings. The molecule has 0 unspecified atom stereocenters. The zero-order valence-electron chi connectivity index (χ0n) is 14.0. The number of fused-ring (bicyclic) bond motifs is 2. The molecule has 1 aliphatic rings. The van der Waals surface area contributed by atoms with Crippen LogP contribution in [0, 0.1) is 12.9 Å². The number of rotatable bonds is 3. The first-order valence-electron chi connectivity index (χ1n) is 8.22. The average molecular weight is 339 g/mol. The molecule has 1 amide bonds. The zero-order valence-corrected chi connectivity index (χ0v) is 14.0. The number of aryl methyl sites for hydroxylation is 1. The van der Waals surface area contributed by atoms with Crippen LogP contribution in [0.2, 0.25) is 0 Å². The molecule has 0 bridgehead atoms. The van der Waals surface area contributed by atoms with Crippen LogP contribution in [0.1, 0.15) is 34.1 Å². The van der Waals surface area contributed by atoms with E-state index in [-0.39, 0.29) is 11.8 Å². The van der Waals surface area contributed by atoms with E-state index in [9.17, 15) is 9.18 Å². The fourth-order valence-corrected chi connectivity index (χ4v) is 3.12. The molecule has 1 atom stereocenters. The fourth-order valence-electron chi connectivity index (χ4n) is 3.12. The van der Waals surface area contributed by atoms with Crippen molar-refractivity contribution in [2.45, 2.75) is 32.9 Å². The van der Waals surface area contributed by atoms with E-state index in [1.807, 2.05) is 38.1 Å². The summed E-state index contributed by atoms with van der Waals surface area (Å²) in [7, 11) is 0. The van der Waals surface area contributed by atoms with Crippen molar-refractivity contribution in [2.24, 2.45) is 0 Å². The van der Waals surface area contributed by atoms with Crippen molar-refractivity contribution in [1.82, 2.24) is 14.7 Å². The SMILES string of the molecule is Cc1ccc2nc(C(=O)NCc3ccc4c(c3)C[C@H](C)O4)c(F)n2c1. The maximum atomic E-state index is 14.4. The van der Waals surface area contributed by atoms with Crippen molar-refractivity contribution in [3.05, 3.63) is 64.9 Å². The summed E-state index contributed by atoms with van der Waals surface area (Å²) in [4.78, 5) is 16.4. The summed E-state index contributed by atoms with van der Waals surface area (Å²) in [5.74, 6) is -0.277. The molecule has 0 saturated carbocycles. The van der Waals surface area contributed by atoms with Gasteiger partial charge in [-0.25, -0.2) is 4.98 Å². The highest BCUT2D eigenvalue weighted by Gasteiger charge is 2.21. The van der Waals surface area contributed by atoms with Gasteiger partial charge in [0.15, 0.2) is 5.69 Å². The monoisotopic (exact) mass is 339 g/mol. The van der Waals surface area contributed by atoms with Crippen molar-refractivity contribution >= 4 is 11.6 Å². The van der Waals surface area contributed by atoms with Crippen molar-refractivity contribution < 1.29 is 13.9 Å². The second-order valence-electron chi connectivity index (χ2n) is 6.44. The van der Waals surface area contributed by atoms with E-state index in [2.05, 4.69) is 10.3 Å². The van der Waals surface area contributed by atoms with Crippen LogP contribution in [0.25, 0.3) is 5.65 Å². The highest BCUT2D eigenvalue weighted by molar-refractivity contribution is 5.93. The summed E-state index contributed by atoms with van der Waals surface area (Å²) in [5, 5.41) is 2.74. The van der Waals surface area contributed by atoms with Gasteiger partial charge in [0.05, 0.1) is 0 Å². The third kappa shape index (κ3) is 2.84. The average Bonchev–Trinajstić information content (AvgIpc) is 3.11. The number of hydrogen-bond donors (Lipinski definition) is 1. The number of aromatic nitrogens is 2. The van der Waals surface area contributed by atoms with Gasteiger partial charge in [-0.3, -0.25) is 9.20 Å². The number of carbonyl (C=O) groups is 1. The summed E-state index contributed by atoms with van der Waals surface area (Å²) in [6.07, 6.45) is 2.66. The lowest BCUT2D eigenvalue weighted by atomic mass is 10.1. The van der Waals surface area contributed by atoms with E-state index >= 15 is 0 Å². The summed E-state index contributed by atoms with van der Waals surface area (Å²) >= 11 is 0. The topological polar surface area (TPSA) is 55.6 Å². The van der Waals surface area contributed by atoms with Crippen molar-refractivity contribution in [3.63, 3.8) is 0 Å². The molecule has 3 heterocycles. The number of nitrogens with zero attached hydrogens (tertiary/aromatic N) is 2. The quantitative estimate of drug-likeness (QED) is 0.798. The molecule has 0 aliphatic carbocycles. The van der Waals surface area contributed by atoms with E-state index in [4.69, 9.17) is 4.74 Å². The van der Waals surface area contributed by atoms with Gasteiger partial charge in [0, 0.05) is 19.2 Å². The maximum absolute atomic E-state index is 14.4. The van der Waals surface area contributed by atoms with E-state index in [1.165, 1.54) is 4.40 Å². The maximum Gasteiger partial charge on any atom is 0.274 e. The lowest BCUT2D eigenvalue weighted by molar-refractivity contribution is 0.0942. The molecule has 0 spiro atoms. The Morgan fingerprint density at radius 1 is 1.40 bits per heavy atom. The molecule has 25 heavy (non-hydrogen) atoms. The minimum atomic E-state index is -0.646. The fraction of sp³-hybridized carbons (Fsp3) is 0.263. The highest BCUT2D eigenvalue weighted by Crippen LogP contribution is 2.29. The molecule has 6 heteroatoms. The number of halogens is 1. The predicted octanol–water partition coefficient (Wildman–Crippen LogP) is 3.04. The van der Waals surface area contributed by atoms with Gasteiger partial charge in [-0.1, -0.05) is 18.2 Å². The van der Waals surface area contributed by atoms with Gasteiger partial charge in [0.25, 0.3) is 5.91 Å². The van der Waals surface area contributed by atoms with Crippen LogP contribution in [-0.2, 0) is 13.0 Å². The van der Waals surface area contributed by atoms with E-state index in [0.717, 1.165) is 28.9 Å². The highest BCUT2D eigenvalue weighted by atomic mass is 19.1. The molecule has 1 aromatic carbocycles. The van der Waals surface area contributed by atoms with Crippen LogP contribution < -0.4 is 10.1 Å². The van der Waals surface area contributed by atoms with Gasteiger partial charge in [-0.2, -0.15) is 4.39 Å². The van der Waals surface area contributed by atoms with Crippen LogP contribution in [0.3, 0.4) is 0 Å². The van der Waals surface area contributed by atoms with Gasteiger partial charge in [0.2, 0.25) is 5.95 Å². The minimum Gasteiger partial charge on any atom is -0.490 e. The molecular formula is C19H18FN3O2. The molecule has 5 nitrogen and oxygen atoms in total. The first kappa shape index (κ1) is 15.6. The summed E-state index contributed by atoms with van der Waals surface area (Å²) < 4.78 is 21.4. The van der Waals surface area contributed by atoms with E-state index in [0.29, 0.717) is 12.2 Å². The third-order valence-electron chi connectivity index (χ3n) is 4.34. The number of imidazole rings is 1. The van der Waals surface area contributed by atoms with Gasteiger partial charge in [-0.05, 0) is 42.7 Å². The molecule has 1 aliphatic heterocycles. The zero-order chi connectivity index (χ0) is 17.6. The molecule has 1 N–H and O–H groups in total. The number of nitrogens with one attached hydrogen (secondary N) is 1. The van der Waals surface area contributed by atoms with Gasteiger partial charge >= 0.3 is 0 Å². The van der Waals surface area contributed by atoms with E-state index in [1.54, 1.807) is 12.3 Å². The Bertz CT molecular complexity index is 980. The Hall–Kier alpha value is -2.89. The summed E-state index contributed by atoms with van der Waals surface area (Å²) in [6.45, 7) is 4.19. The number of carbonyl (C=O) groups excluding carboxylic acids is 1. The molecule has 4 rings (SSSR count). The summed E-state index contributed by atoms with van der Waals surface area (Å²) in [6, 6.07) is 9.35. The van der Waals surface area contributed by atoms with Crippen molar-refractivity contribution in [3.8, 4) is 5.75 Å². The normalized spacial score (nSPS) is 15.9. The van der Waals surface area contributed by atoms with Crippen LogP contribution in [0.4, 0.5) is 4.39 Å². The smallest absolute Gasteiger partial charge is 0.274 e. The largest absolute Gasteiger partial charge is 0.490 e. The molecule has 3 aromatic rings. The van der Waals surface area contributed by atoms with Crippen LogP contribution in [-0.4, -0.2) is 21.4 Å². The Morgan fingerprint density at radius 2 is 2.24 bits per heavy atom. The Kier molecular flexibility index (Phi) is 3.67. The van der Waals surface area contributed by atoms with Gasteiger partial charge in [0.1, 0.15) is 17.5 Å². The van der Waals surface area contributed by atoms with Crippen molar-refractivity contribution in [2.75, 3.05) is 0 Å². The van der Waals surface area contributed by atoms with Crippen LogP contribution in [0.15, 0.2) is 36.5 Å². The predicted molar refractivity (Wildman–Crippen MR) is 91.3 cm³/mol. The summed E-state index contributed by atoms with van der Waals surface area (Å²) in [5.41, 5.74) is 3.20. The number of amides is 1. The Labute approximate surface area is 144 Å². The first-order chi connectivity index (χ1) is 12.0. The second-order valence-corrected chi connectivity index (χ2v) is 6.44. The van der Waals surface area contributed by atoms with Crippen molar-refractivity contribution in [1.29, 1.82) is 0 Å². The van der Waals surface area contributed by atoms with E-state index < -0.39 is 11.9 Å².